The third kappa shape index (κ3) is 4.44. The van der Waals surface area contributed by atoms with Crippen LogP contribution in [0.2, 0.25) is 5.02 Å². The summed E-state index contributed by atoms with van der Waals surface area (Å²) in [7, 11) is 0. The fourth-order valence-electron chi connectivity index (χ4n) is 5.49. The number of fused-ring (bicyclic) bond motifs is 4. The SMILES string of the molecule is CC(C)(C)OC(=O)NC1CCN(c2cc3c(cc2Cl)C(=O)c2c([nH]c4cc(C#N)ccc24)C3(C)C)CC1. The molecule has 0 spiro atoms. The van der Waals surface area contributed by atoms with Crippen molar-refractivity contribution in [2.45, 2.75) is 64.5 Å². The average molecular weight is 519 g/mol. The molecule has 192 valence electrons. The number of benzene rings is 2. The summed E-state index contributed by atoms with van der Waals surface area (Å²) < 4.78 is 5.39. The number of ether oxygens (including phenoxy) is 1. The third-order valence-corrected chi connectivity index (χ3v) is 7.64. The maximum Gasteiger partial charge on any atom is 0.407 e. The number of aromatic amines is 1. The smallest absolute Gasteiger partial charge is 0.407 e. The number of amides is 1. The molecular weight excluding hydrogens is 488 g/mol. The molecule has 1 amide bonds. The van der Waals surface area contributed by atoms with Gasteiger partial charge in [-0.25, -0.2) is 4.79 Å². The van der Waals surface area contributed by atoms with Gasteiger partial charge in [0.25, 0.3) is 0 Å². The lowest BCUT2D eigenvalue weighted by Gasteiger charge is -2.37. The summed E-state index contributed by atoms with van der Waals surface area (Å²) in [6.45, 7) is 11.2. The van der Waals surface area contributed by atoms with Crippen molar-refractivity contribution in [2.24, 2.45) is 0 Å². The number of piperidine rings is 1. The number of aromatic nitrogens is 1. The molecule has 1 fully saturated rings. The van der Waals surface area contributed by atoms with Gasteiger partial charge in [0.15, 0.2) is 5.78 Å². The number of H-pyrrole nitrogens is 1. The number of nitrogens with one attached hydrogen (secondary N) is 2. The third-order valence-electron chi connectivity index (χ3n) is 7.34. The van der Waals surface area contributed by atoms with Crippen LogP contribution in [0.3, 0.4) is 0 Å². The Morgan fingerprint density at radius 3 is 2.57 bits per heavy atom. The van der Waals surface area contributed by atoms with E-state index in [4.69, 9.17) is 16.3 Å². The van der Waals surface area contributed by atoms with Crippen LogP contribution < -0.4 is 10.2 Å². The minimum Gasteiger partial charge on any atom is -0.444 e. The Morgan fingerprint density at radius 1 is 1.22 bits per heavy atom. The molecule has 1 aromatic heterocycles. The summed E-state index contributed by atoms with van der Waals surface area (Å²) in [6.07, 6.45) is 1.14. The molecular formula is C29H31ClN4O3. The van der Waals surface area contributed by atoms with E-state index >= 15 is 0 Å². The van der Waals surface area contributed by atoms with Gasteiger partial charge in [-0.2, -0.15) is 5.26 Å². The first-order chi connectivity index (χ1) is 17.4. The minimum atomic E-state index is -0.533. The van der Waals surface area contributed by atoms with Crippen LogP contribution in [-0.4, -0.2) is 41.6 Å². The van der Waals surface area contributed by atoms with E-state index in [9.17, 15) is 14.9 Å². The maximum atomic E-state index is 13.7. The Hall–Kier alpha value is -3.50. The van der Waals surface area contributed by atoms with Crippen LogP contribution in [0.1, 0.15) is 80.2 Å². The van der Waals surface area contributed by atoms with Gasteiger partial charge in [0, 0.05) is 46.7 Å². The first kappa shape index (κ1) is 25.2. The number of alkyl carbamates (subject to hydrolysis) is 1. The number of hydrogen-bond acceptors (Lipinski definition) is 5. The van der Waals surface area contributed by atoms with Gasteiger partial charge in [0.2, 0.25) is 0 Å². The number of nitrogens with zero attached hydrogens (tertiary/aromatic N) is 2. The Bertz CT molecular complexity index is 1470. The highest BCUT2D eigenvalue weighted by molar-refractivity contribution is 6.34. The van der Waals surface area contributed by atoms with Gasteiger partial charge in [0.05, 0.1) is 27.9 Å². The molecule has 8 heteroatoms. The van der Waals surface area contributed by atoms with Gasteiger partial charge in [0.1, 0.15) is 5.60 Å². The topological polar surface area (TPSA) is 98.2 Å². The summed E-state index contributed by atoms with van der Waals surface area (Å²) in [5, 5.41) is 13.6. The van der Waals surface area contributed by atoms with E-state index < -0.39 is 17.1 Å². The fraction of sp³-hybridized carbons (Fsp3) is 0.414. The number of hydrogen-bond donors (Lipinski definition) is 2. The standard InChI is InChI=1S/C29H31ClN4O3/c1-28(2,3)37-27(36)32-17-8-10-34(11-9-17)23-14-20-19(13-21(23)30)25(35)24-18-7-6-16(15-31)12-22(18)33-26(24)29(20,4)5/h6-7,12-14,17,33H,8-11H2,1-5H3,(H,32,36). The van der Waals surface area contributed by atoms with Crippen molar-refractivity contribution in [3.63, 3.8) is 0 Å². The van der Waals surface area contributed by atoms with E-state index in [1.165, 1.54) is 0 Å². The molecule has 3 aromatic rings. The van der Waals surface area contributed by atoms with Crippen molar-refractivity contribution in [3.05, 3.63) is 63.3 Å². The van der Waals surface area contributed by atoms with E-state index in [1.807, 2.05) is 32.9 Å². The number of nitriles is 1. The highest BCUT2D eigenvalue weighted by Gasteiger charge is 2.40. The molecule has 2 N–H and O–H groups in total. The van der Waals surface area contributed by atoms with Gasteiger partial charge in [-0.1, -0.05) is 31.5 Å². The predicted molar refractivity (Wildman–Crippen MR) is 145 cm³/mol. The zero-order chi connectivity index (χ0) is 26.7. The second-order valence-corrected chi connectivity index (χ2v) is 11.9. The van der Waals surface area contributed by atoms with Gasteiger partial charge < -0.3 is 19.9 Å². The van der Waals surface area contributed by atoms with Gasteiger partial charge in [-0.05, 0) is 63.4 Å². The Morgan fingerprint density at radius 2 is 1.92 bits per heavy atom. The quantitative estimate of drug-likeness (QED) is 0.430. The van der Waals surface area contributed by atoms with Gasteiger partial charge in [-0.3, -0.25) is 4.79 Å². The molecule has 2 heterocycles. The Balaban J connectivity index is 1.43. The zero-order valence-electron chi connectivity index (χ0n) is 21.8. The van der Waals surface area contributed by atoms with E-state index in [0.29, 0.717) is 21.7 Å². The predicted octanol–water partition coefficient (Wildman–Crippen LogP) is 6.06. The molecule has 2 aromatic carbocycles. The van der Waals surface area contributed by atoms with Crippen molar-refractivity contribution in [2.75, 3.05) is 18.0 Å². The molecule has 37 heavy (non-hydrogen) atoms. The summed E-state index contributed by atoms with van der Waals surface area (Å²) in [4.78, 5) is 31.5. The zero-order valence-corrected chi connectivity index (χ0v) is 22.5. The van der Waals surface area contributed by atoms with Crippen molar-refractivity contribution >= 4 is 40.1 Å². The molecule has 0 radical (unpaired) electrons. The molecule has 5 rings (SSSR count). The van der Waals surface area contributed by atoms with E-state index in [2.05, 4.69) is 35.1 Å². The van der Waals surface area contributed by atoms with Crippen LogP contribution >= 0.6 is 11.6 Å². The number of anilines is 1. The van der Waals surface area contributed by atoms with E-state index in [1.54, 1.807) is 18.2 Å². The Kier molecular flexibility index (Phi) is 5.99. The van der Waals surface area contributed by atoms with Crippen LogP contribution in [-0.2, 0) is 10.2 Å². The molecule has 0 atom stereocenters. The van der Waals surface area contributed by atoms with Crippen LogP contribution in [0, 0.1) is 11.3 Å². The largest absolute Gasteiger partial charge is 0.444 e. The van der Waals surface area contributed by atoms with Gasteiger partial charge in [-0.15, -0.1) is 0 Å². The highest BCUT2D eigenvalue weighted by Crippen LogP contribution is 2.46. The molecule has 1 aliphatic heterocycles. The lowest BCUT2D eigenvalue weighted by molar-refractivity contribution is 0.0497. The summed E-state index contributed by atoms with van der Waals surface area (Å²) in [5.74, 6) is -0.0611. The summed E-state index contributed by atoms with van der Waals surface area (Å²) >= 11 is 6.78. The van der Waals surface area contributed by atoms with Crippen molar-refractivity contribution < 1.29 is 14.3 Å². The number of rotatable bonds is 2. The van der Waals surface area contributed by atoms with Gasteiger partial charge >= 0.3 is 6.09 Å². The number of ketones is 1. The first-order valence-corrected chi connectivity index (χ1v) is 13.0. The monoisotopic (exact) mass is 518 g/mol. The van der Waals surface area contributed by atoms with Crippen molar-refractivity contribution in [1.29, 1.82) is 5.26 Å². The lowest BCUT2D eigenvalue weighted by Crippen LogP contribution is -2.46. The van der Waals surface area contributed by atoms with Crippen LogP contribution in [0.5, 0.6) is 0 Å². The molecule has 2 aliphatic rings. The second-order valence-electron chi connectivity index (χ2n) is 11.5. The fourth-order valence-corrected chi connectivity index (χ4v) is 5.77. The summed E-state index contributed by atoms with van der Waals surface area (Å²) in [5.41, 5.74) is 4.24. The van der Waals surface area contributed by atoms with Crippen molar-refractivity contribution in [3.8, 4) is 6.07 Å². The molecule has 0 saturated carbocycles. The molecule has 0 bridgehead atoms. The normalized spacial score (nSPS) is 17.2. The van der Waals surface area contributed by atoms with E-state index in [-0.39, 0.29) is 11.8 Å². The number of carbonyl (C=O) groups is 2. The van der Waals surface area contributed by atoms with Crippen LogP contribution in [0.25, 0.3) is 10.9 Å². The average Bonchev–Trinajstić information content (AvgIpc) is 3.22. The highest BCUT2D eigenvalue weighted by atomic mass is 35.5. The van der Waals surface area contributed by atoms with Crippen LogP contribution in [0.4, 0.5) is 10.5 Å². The van der Waals surface area contributed by atoms with Crippen LogP contribution in [0.15, 0.2) is 30.3 Å². The molecule has 1 aliphatic carbocycles. The lowest BCUT2D eigenvalue weighted by atomic mass is 9.71. The molecule has 1 saturated heterocycles. The minimum absolute atomic E-state index is 0.0349. The number of carbonyl (C=O) groups excluding carboxylic acids is 2. The number of halogens is 1. The Labute approximate surface area is 221 Å². The maximum absolute atomic E-state index is 13.7. The second kappa shape index (κ2) is 8.81. The molecule has 0 unspecified atom stereocenters. The first-order valence-electron chi connectivity index (χ1n) is 12.6. The van der Waals surface area contributed by atoms with E-state index in [0.717, 1.165) is 53.8 Å². The summed E-state index contributed by atoms with van der Waals surface area (Å²) in [6, 6.07) is 11.4. The van der Waals surface area contributed by atoms with Crippen molar-refractivity contribution in [1.82, 2.24) is 10.3 Å². The molecule has 7 nitrogen and oxygen atoms in total.